The minimum absolute atomic E-state index is 0.237. The second-order valence-electron chi connectivity index (χ2n) is 4.23. The van der Waals surface area contributed by atoms with E-state index in [-0.39, 0.29) is 5.92 Å². The fourth-order valence-corrected chi connectivity index (χ4v) is 1.41. The third kappa shape index (κ3) is 2.86. The van der Waals surface area contributed by atoms with E-state index in [1.54, 1.807) is 12.1 Å². The zero-order valence-electron chi connectivity index (χ0n) is 10.3. The van der Waals surface area contributed by atoms with E-state index in [4.69, 9.17) is 9.68 Å². The van der Waals surface area contributed by atoms with Crippen LogP contribution in [0.1, 0.15) is 37.1 Å². The van der Waals surface area contributed by atoms with E-state index in [0.29, 0.717) is 23.9 Å². The molecule has 2 rings (SSSR count). The maximum absolute atomic E-state index is 8.69. The van der Waals surface area contributed by atoms with Gasteiger partial charge in [-0.25, -0.2) is 0 Å². The molecule has 1 aromatic heterocycles. The maximum Gasteiger partial charge on any atom is 0.235 e. The first-order chi connectivity index (χ1) is 8.69. The molecule has 0 bridgehead atoms. The predicted octanol–water partition coefficient (Wildman–Crippen LogP) is 2.68. The third-order valence-corrected chi connectivity index (χ3v) is 2.43. The van der Waals surface area contributed by atoms with Crippen LogP contribution in [0.25, 0.3) is 0 Å². The molecular formula is C13H14N4O. The van der Waals surface area contributed by atoms with Crippen LogP contribution in [-0.2, 0) is 6.54 Å². The number of nitrogens with zero attached hydrogens (tertiary/aromatic N) is 3. The highest BCUT2D eigenvalue weighted by molar-refractivity contribution is 5.47. The number of nitrogens with one attached hydrogen (secondary N) is 1. The van der Waals surface area contributed by atoms with Crippen LogP contribution in [0.15, 0.2) is 28.7 Å². The van der Waals surface area contributed by atoms with Crippen molar-refractivity contribution in [2.45, 2.75) is 26.3 Å². The molecule has 0 aliphatic carbocycles. The van der Waals surface area contributed by atoms with Crippen molar-refractivity contribution >= 4 is 5.69 Å². The summed E-state index contributed by atoms with van der Waals surface area (Å²) in [5.74, 6) is 1.44. The van der Waals surface area contributed by atoms with Crippen LogP contribution in [0.2, 0.25) is 0 Å². The second kappa shape index (κ2) is 5.32. The Balaban J connectivity index is 1.96. The van der Waals surface area contributed by atoms with Gasteiger partial charge in [0.1, 0.15) is 0 Å². The van der Waals surface area contributed by atoms with Crippen LogP contribution in [0, 0.1) is 11.3 Å². The summed E-state index contributed by atoms with van der Waals surface area (Å²) in [6, 6.07) is 9.29. The maximum atomic E-state index is 8.69. The summed E-state index contributed by atoms with van der Waals surface area (Å²) >= 11 is 0. The first kappa shape index (κ1) is 12.1. The Morgan fingerprint density at radius 3 is 2.56 bits per heavy atom. The van der Waals surface area contributed by atoms with Crippen LogP contribution in [0.3, 0.4) is 0 Å². The molecule has 5 heteroatoms. The van der Waals surface area contributed by atoms with Gasteiger partial charge in [-0.15, -0.1) is 10.2 Å². The third-order valence-electron chi connectivity index (χ3n) is 2.43. The second-order valence-corrected chi connectivity index (χ2v) is 4.23. The summed E-state index contributed by atoms with van der Waals surface area (Å²) in [5.41, 5.74) is 1.55. The molecule has 0 saturated carbocycles. The number of nitriles is 1. The zero-order valence-corrected chi connectivity index (χ0v) is 10.3. The summed E-state index contributed by atoms with van der Waals surface area (Å²) in [4.78, 5) is 0. The Morgan fingerprint density at radius 2 is 2.00 bits per heavy atom. The molecule has 18 heavy (non-hydrogen) atoms. The smallest absolute Gasteiger partial charge is 0.235 e. The van der Waals surface area contributed by atoms with E-state index in [1.165, 1.54) is 0 Å². The Bertz CT molecular complexity index is 551. The monoisotopic (exact) mass is 242 g/mol. The molecular weight excluding hydrogens is 228 g/mol. The van der Waals surface area contributed by atoms with Gasteiger partial charge in [-0.2, -0.15) is 5.26 Å². The number of hydrogen-bond donors (Lipinski definition) is 1. The van der Waals surface area contributed by atoms with Crippen molar-refractivity contribution in [3.8, 4) is 6.07 Å². The molecule has 0 spiro atoms. The van der Waals surface area contributed by atoms with Gasteiger partial charge in [0.15, 0.2) is 0 Å². The van der Waals surface area contributed by atoms with Gasteiger partial charge in [0.05, 0.1) is 18.2 Å². The standard InChI is InChI=1S/C13H14N4O/c1-9(2)13-17-16-12(18-13)8-15-11-5-3-10(7-14)4-6-11/h3-6,9,15H,8H2,1-2H3. The van der Waals surface area contributed by atoms with E-state index in [0.717, 1.165) is 5.69 Å². The predicted molar refractivity (Wildman–Crippen MR) is 66.9 cm³/mol. The van der Waals surface area contributed by atoms with E-state index < -0.39 is 0 Å². The summed E-state index contributed by atoms with van der Waals surface area (Å²) in [6.45, 7) is 4.49. The van der Waals surface area contributed by atoms with Crippen molar-refractivity contribution in [1.82, 2.24) is 10.2 Å². The normalized spacial score (nSPS) is 10.3. The Kier molecular flexibility index (Phi) is 3.58. The van der Waals surface area contributed by atoms with Crippen molar-refractivity contribution in [2.24, 2.45) is 0 Å². The molecule has 1 N–H and O–H groups in total. The number of rotatable bonds is 4. The van der Waals surface area contributed by atoms with Gasteiger partial charge in [0.2, 0.25) is 11.8 Å². The summed E-state index contributed by atoms with van der Waals surface area (Å²) in [6.07, 6.45) is 0. The number of anilines is 1. The Hall–Kier alpha value is -2.35. The van der Waals surface area contributed by atoms with Crippen LogP contribution < -0.4 is 5.32 Å². The van der Waals surface area contributed by atoms with Crippen molar-refractivity contribution in [3.63, 3.8) is 0 Å². The van der Waals surface area contributed by atoms with Crippen LogP contribution in [-0.4, -0.2) is 10.2 Å². The zero-order chi connectivity index (χ0) is 13.0. The number of benzene rings is 1. The molecule has 0 saturated heterocycles. The Morgan fingerprint density at radius 1 is 1.28 bits per heavy atom. The van der Waals surface area contributed by atoms with Crippen LogP contribution >= 0.6 is 0 Å². The fraction of sp³-hybridized carbons (Fsp3) is 0.308. The molecule has 0 fully saturated rings. The average molecular weight is 242 g/mol. The highest BCUT2D eigenvalue weighted by atomic mass is 16.4. The van der Waals surface area contributed by atoms with Gasteiger partial charge < -0.3 is 9.73 Å². The molecule has 5 nitrogen and oxygen atoms in total. The van der Waals surface area contributed by atoms with Crippen molar-refractivity contribution in [2.75, 3.05) is 5.32 Å². The largest absolute Gasteiger partial charge is 0.423 e. The van der Waals surface area contributed by atoms with Crippen LogP contribution in [0.5, 0.6) is 0 Å². The lowest BCUT2D eigenvalue weighted by Gasteiger charge is -2.02. The molecule has 0 aliphatic heterocycles. The first-order valence-electron chi connectivity index (χ1n) is 5.75. The molecule has 2 aromatic rings. The SMILES string of the molecule is CC(C)c1nnc(CNc2ccc(C#N)cc2)o1. The molecule has 0 aliphatic rings. The van der Waals surface area contributed by atoms with Crippen molar-refractivity contribution < 1.29 is 4.42 Å². The van der Waals surface area contributed by atoms with Gasteiger partial charge in [-0.1, -0.05) is 13.8 Å². The van der Waals surface area contributed by atoms with Gasteiger partial charge in [0, 0.05) is 11.6 Å². The molecule has 1 aromatic carbocycles. The summed E-state index contributed by atoms with van der Waals surface area (Å²) in [7, 11) is 0. The quantitative estimate of drug-likeness (QED) is 0.892. The van der Waals surface area contributed by atoms with E-state index in [1.807, 2.05) is 26.0 Å². The minimum Gasteiger partial charge on any atom is -0.423 e. The fourth-order valence-electron chi connectivity index (χ4n) is 1.41. The molecule has 0 unspecified atom stereocenters. The van der Waals surface area contributed by atoms with Crippen molar-refractivity contribution in [3.05, 3.63) is 41.6 Å². The number of hydrogen-bond acceptors (Lipinski definition) is 5. The van der Waals surface area contributed by atoms with Crippen LogP contribution in [0.4, 0.5) is 5.69 Å². The van der Waals surface area contributed by atoms with E-state index >= 15 is 0 Å². The lowest BCUT2D eigenvalue weighted by molar-refractivity contribution is 0.437. The highest BCUT2D eigenvalue weighted by Crippen LogP contribution is 2.14. The molecule has 1 heterocycles. The highest BCUT2D eigenvalue weighted by Gasteiger charge is 2.08. The molecule has 0 amide bonds. The Labute approximate surface area is 105 Å². The minimum atomic E-state index is 0.237. The molecule has 0 atom stereocenters. The van der Waals surface area contributed by atoms with Gasteiger partial charge in [0.25, 0.3) is 0 Å². The summed E-state index contributed by atoms with van der Waals surface area (Å²) < 4.78 is 5.47. The van der Waals surface area contributed by atoms with Gasteiger partial charge >= 0.3 is 0 Å². The molecule has 92 valence electrons. The van der Waals surface area contributed by atoms with E-state index in [9.17, 15) is 0 Å². The lowest BCUT2D eigenvalue weighted by atomic mass is 10.2. The average Bonchev–Trinajstić information content (AvgIpc) is 2.86. The van der Waals surface area contributed by atoms with Gasteiger partial charge in [-0.3, -0.25) is 0 Å². The van der Waals surface area contributed by atoms with Gasteiger partial charge in [-0.05, 0) is 24.3 Å². The lowest BCUT2D eigenvalue weighted by Crippen LogP contribution is -1.99. The first-order valence-corrected chi connectivity index (χ1v) is 5.75. The van der Waals surface area contributed by atoms with E-state index in [2.05, 4.69) is 21.6 Å². The topological polar surface area (TPSA) is 74.7 Å². The number of aromatic nitrogens is 2. The van der Waals surface area contributed by atoms with Crippen molar-refractivity contribution in [1.29, 1.82) is 5.26 Å². The summed E-state index contributed by atoms with van der Waals surface area (Å²) in [5, 5.41) is 19.8. The molecule has 0 radical (unpaired) electrons.